The first-order valence-corrected chi connectivity index (χ1v) is 5.06. The molecule has 0 aromatic carbocycles. The highest BCUT2D eigenvalue weighted by Gasteiger charge is 2.16. The minimum Gasteiger partial charge on any atom is -0.446 e. The molecule has 0 unspecified atom stereocenters. The van der Waals surface area contributed by atoms with Crippen molar-refractivity contribution in [3.05, 3.63) is 6.92 Å². The molecule has 0 aliphatic heterocycles. The number of hydrogen-bond acceptors (Lipinski definition) is 2. The molecule has 1 fully saturated rings. The molecule has 1 saturated carbocycles. The van der Waals surface area contributed by atoms with Gasteiger partial charge >= 0.3 is 6.09 Å². The molecule has 0 atom stereocenters. The molecule has 3 nitrogen and oxygen atoms in total. The first kappa shape index (κ1) is 10.4. The first-order chi connectivity index (χ1) is 6.33. The van der Waals surface area contributed by atoms with E-state index in [1.807, 2.05) is 0 Å². The van der Waals surface area contributed by atoms with Crippen LogP contribution >= 0.6 is 0 Å². The SMILES string of the molecule is [CH2]CCNC(=O)OC1CCCCC1. The Labute approximate surface area is 79.8 Å². The molecule has 1 rings (SSSR count). The van der Waals surface area contributed by atoms with E-state index in [4.69, 9.17) is 4.74 Å². The zero-order valence-corrected chi connectivity index (χ0v) is 8.05. The molecule has 0 bridgehead atoms. The maximum absolute atomic E-state index is 11.1. The number of carbonyl (C=O) groups is 1. The Balaban J connectivity index is 2.11. The van der Waals surface area contributed by atoms with E-state index in [9.17, 15) is 4.79 Å². The Hall–Kier alpha value is -0.730. The highest BCUT2D eigenvalue weighted by Crippen LogP contribution is 2.20. The summed E-state index contributed by atoms with van der Waals surface area (Å²) in [4.78, 5) is 11.1. The molecule has 1 radical (unpaired) electrons. The molecule has 1 amide bonds. The van der Waals surface area contributed by atoms with Crippen molar-refractivity contribution in [2.24, 2.45) is 0 Å². The zero-order valence-electron chi connectivity index (χ0n) is 8.05. The van der Waals surface area contributed by atoms with Crippen molar-refractivity contribution in [2.75, 3.05) is 6.54 Å². The zero-order chi connectivity index (χ0) is 9.52. The van der Waals surface area contributed by atoms with Crippen LogP contribution in [0.5, 0.6) is 0 Å². The Morgan fingerprint density at radius 3 is 2.69 bits per heavy atom. The summed E-state index contributed by atoms with van der Waals surface area (Å²) in [5.74, 6) is 0. The molecule has 0 heterocycles. The monoisotopic (exact) mass is 184 g/mol. The molecule has 3 heteroatoms. The van der Waals surface area contributed by atoms with Gasteiger partial charge in [-0.05, 0) is 32.1 Å². The van der Waals surface area contributed by atoms with E-state index in [2.05, 4.69) is 12.2 Å². The van der Waals surface area contributed by atoms with Crippen molar-refractivity contribution in [1.29, 1.82) is 0 Å². The second-order valence-corrected chi connectivity index (χ2v) is 3.45. The third kappa shape index (κ3) is 4.15. The molecule has 1 aliphatic rings. The number of alkyl carbamates (subject to hydrolysis) is 1. The lowest BCUT2D eigenvalue weighted by molar-refractivity contribution is 0.0755. The van der Waals surface area contributed by atoms with Gasteiger partial charge in [0.1, 0.15) is 6.10 Å². The second-order valence-electron chi connectivity index (χ2n) is 3.45. The molecule has 0 saturated heterocycles. The van der Waals surface area contributed by atoms with Gasteiger partial charge < -0.3 is 10.1 Å². The predicted molar refractivity (Wildman–Crippen MR) is 51.3 cm³/mol. The molecule has 13 heavy (non-hydrogen) atoms. The van der Waals surface area contributed by atoms with Gasteiger partial charge in [-0.15, -0.1) is 0 Å². The Kier molecular flexibility index (Phi) is 4.65. The number of carbonyl (C=O) groups excluding carboxylic acids is 1. The van der Waals surface area contributed by atoms with E-state index in [-0.39, 0.29) is 12.2 Å². The third-order valence-electron chi connectivity index (χ3n) is 2.27. The average Bonchev–Trinajstić information content (AvgIpc) is 2.16. The van der Waals surface area contributed by atoms with E-state index >= 15 is 0 Å². The van der Waals surface area contributed by atoms with Crippen molar-refractivity contribution in [3.63, 3.8) is 0 Å². The van der Waals surface area contributed by atoms with Crippen molar-refractivity contribution < 1.29 is 9.53 Å². The van der Waals surface area contributed by atoms with Crippen LogP contribution in [0.15, 0.2) is 0 Å². The molecule has 0 aromatic rings. The summed E-state index contributed by atoms with van der Waals surface area (Å²) >= 11 is 0. The van der Waals surface area contributed by atoms with Crippen LogP contribution in [-0.4, -0.2) is 18.7 Å². The molecule has 0 aromatic heterocycles. The van der Waals surface area contributed by atoms with Crippen LogP contribution in [0.25, 0.3) is 0 Å². The number of amides is 1. The molecular weight excluding hydrogens is 166 g/mol. The fraction of sp³-hybridized carbons (Fsp3) is 0.800. The van der Waals surface area contributed by atoms with Crippen LogP contribution in [0.1, 0.15) is 38.5 Å². The van der Waals surface area contributed by atoms with Gasteiger partial charge in [-0.2, -0.15) is 0 Å². The topological polar surface area (TPSA) is 38.3 Å². The van der Waals surface area contributed by atoms with Crippen LogP contribution in [0.2, 0.25) is 0 Å². The Morgan fingerprint density at radius 2 is 2.08 bits per heavy atom. The minimum atomic E-state index is -0.282. The van der Waals surface area contributed by atoms with Crippen LogP contribution < -0.4 is 5.32 Å². The van der Waals surface area contributed by atoms with E-state index < -0.39 is 0 Å². The Morgan fingerprint density at radius 1 is 1.38 bits per heavy atom. The molecule has 0 spiro atoms. The summed E-state index contributed by atoms with van der Waals surface area (Å²) in [6, 6.07) is 0. The third-order valence-corrected chi connectivity index (χ3v) is 2.27. The fourth-order valence-electron chi connectivity index (χ4n) is 1.57. The van der Waals surface area contributed by atoms with Gasteiger partial charge in [-0.25, -0.2) is 4.79 Å². The van der Waals surface area contributed by atoms with Gasteiger partial charge in [-0.3, -0.25) is 0 Å². The second kappa shape index (κ2) is 5.84. The average molecular weight is 184 g/mol. The van der Waals surface area contributed by atoms with Gasteiger partial charge in [0.05, 0.1) is 0 Å². The Bertz CT molecular complexity index is 153. The van der Waals surface area contributed by atoms with E-state index in [0.29, 0.717) is 13.0 Å². The van der Waals surface area contributed by atoms with Crippen molar-refractivity contribution >= 4 is 6.09 Å². The number of ether oxygens (including phenoxy) is 1. The lowest BCUT2D eigenvalue weighted by Gasteiger charge is -2.21. The van der Waals surface area contributed by atoms with Gasteiger partial charge in [-0.1, -0.05) is 13.3 Å². The quantitative estimate of drug-likeness (QED) is 0.730. The highest BCUT2D eigenvalue weighted by molar-refractivity contribution is 5.67. The number of rotatable bonds is 3. The number of hydrogen-bond donors (Lipinski definition) is 1. The van der Waals surface area contributed by atoms with Crippen molar-refractivity contribution in [3.8, 4) is 0 Å². The van der Waals surface area contributed by atoms with Crippen LogP contribution in [-0.2, 0) is 4.74 Å². The molecule has 1 N–H and O–H groups in total. The van der Waals surface area contributed by atoms with E-state index in [0.717, 1.165) is 12.8 Å². The van der Waals surface area contributed by atoms with E-state index in [1.54, 1.807) is 0 Å². The van der Waals surface area contributed by atoms with Gasteiger partial charge in [0.15, 0.2) is 0 Å². The standard InChI is InChI=1S/C10H18NO2/c1-2-8-11-10(12)13-9-6-4-3-5-7-9/h9H,1-8H2,(H,11,12). The number of nitrogens with one attached hydrogen (secondary N) is 1. The molecule has 75 valence electrons. The maximum Gasteiger partial charge on any atom is 0.407 e. The summed E-state index contributed by atoms with van der Waals surface area (Å²) in [6.45, 7) is 4.24. The molecule has 1 aliphatic carbocycles. The van der Waals surface area contributed by atoms with Crippen molar-refractivity contribution in [1.82, 2.24) is 5.32 Å². The fourth-order valence-corrected chi connectivity index (χ4v) is 1.57. The predicted octanol–water partition coefficient (Wildman–Crippen LogP) is 2.27. The minimum absolute atomic E-state index is 0.151. The maximum atomic E-state index is 11.1. The van der Waals surface area contributed by atoms with Crippen LogP contribution in [0, 0.1) is 6.92 Å². The van der Waals surface area contributed by atoms with Gasteiger partial charge in [0.2, 0.25) is 0 Å². The van der Waals surface area contributed by atoms with Gasteiger partial charge in [0, 0.05) is 6.54 Å². The largest absolute Gasteiger partial charge is 0.446 e. The van der Waals surface area contributed by atoms with Crippen LogP contribution in [0.4, 0.5) is 4.79 Å². The molecular formula is C10H18NO2. The summed E-state index contributed by atoms with van der Waals surface area (Å²) in [7, 11) is 0. The van der Waals surface area contributed by atoms with Crippen LogP contribution in [0.3, 0.4) is 0 Å². The van der Waals surface area contributed by atoms with E-state index in [1.165, 1.54) is 19.3 Å². The first-order valence-electron chi connectivity index (χ1n) is 5.06. The lowest BCUT2D eigenvalue weighted by Crippen LogP contribution is -2.30. The summed E-state index contributed by atoms with van der Waals surface area (Å²) in [6.07, 6.45) is 6.28. The van der Waals surface area contributed by atoms with Crippen molar-refractivity contribution in [2.45, 2.75) is 44.6 Å². The normalized spacial score (nSPS) is 18.2. The van der Waals surface area contributed by atoms with Gasteiger partial charge in [0.25, 0.3) is 0 Å². The summed E-state index contributed by atoms with van der Waals surface area (Å²) in [5.41, 5.74) is 0. The highest BCUT2D eigenvalue weighted by atomic mass is 16.6. The summed E-state index contributed by atoms with van der Waals surface area (Å²) < 4.78 is 5.22. The lowest BCUT2D eigenvalue weighted by atomic mass is 9.98. The smallest absolute Gasteiger partial charge is 0.407 e. The summed E-state index contributed by atoms with van der Waals surface area (Å²) in [5, 5.41) is 2.66.